The Labute approximate surface area is 274 Å². The van der Waals surface area contributed by atoms with Gasteiger partial charge in [0.1, 0.15) is 0 Å². The number of hydrogen-bond acceptors (Lipinski definition) is 6. The number of amides is 4. The zero-order valence-corrected chi connectivity index (χ0v) is 25.8. The number of fused-ring (bicyclic) bond motifs is 4. The highest BCUT2D eigenvalue weighted by Gasteiger charge is 2.70. The van der Waals surface area contributed by atoms with Gasteiger partial charge in [0, 0.05) is 29.5 Å². The molecule has 2 aliphatic heterocycles. The van der Waals surface area contributed by atoms with Crippen LogP contribution in [0.1, 0.15) is 42.7 Å². The summed E-state index contributed by atoms with van der Waals surface area (Å²) in [5.41, 5.74) is -0.223. The van der Waals surface area contributed by atoms with E-state index in [-0.39, 0.29) is 43.5 Å². The van der Waals surface area contributed by atoms with Crippen molar-refractivity contribution in [3.63, 3.8) is 0 Å². The summed E-state index contributed by atoms with van der Waals surface area (Å²) >= 11 is 6.30. The van der Waals surface area contributed by atoms with Crippen LogP contribution in [0.25, 0.3) is 0 Å². The first-order valence-corrected chi connectivity index (χ1v) is 15.9. The SMILES string of the molecule is O=C(O)CCCN1C(=O)C2CC=C3C(CC4C(=O)N(c5cccc(Cl)c5)C(=O)C4(c4ccccc4)C3c3cccc(F)c3O)C2C1=O. The summed E-state index contributed by atoms with van der Waals surface area (Å²) in [6, 6.07) is 19.2. The third-order valence-electron chi connectivity index (χ3n) is 10.4. The molecule has 6 unspecified atom stereocenters. The van der Waals surface area contributed by atoms with Crippen molar-refractivity contribution < 1.29 is 38.6 Å². The van der Waals surface area contributed by atoms with Gasteiger partial charge in [-0.05, 0) is 55.0 Å². The number of hydrogen-bond donors (Lipinski definition) is 2. The van der Waals surface area contributed by atoms with Gasteiger partial charge in [-0.3, -0.25) is 28.9 Å². The molecule has 7 rings (SSSR count). The van der Waals surface area contributed by atoms with Gasteiger partial charge in [-0.2, -0.15) is 0 Å². The molecule has 3 fully saturated rings. The number of carbonyl (C=O) groups is 5. The molecule has 3 aromatic carbocycles. The second-order valence-electron chi connectivity index (χ2n) is 12.6. The summed E-state index contributed by atoms with van der Waals surface area (Å²) in [6.07, 6.45) is 1.89. The summed E-state index contributed by atoms with van der Waals surface area (Å²) in [4.78, 5) is 70.6. The number of carboxylic acids is 1. The summed E-state index contributed by atoms with van der Waals surface area (Å²) in [7, 11) is 0. The van der Waals surface area contributed by atoms with Crippen molar-refractivity contribution in [2.24, 2.45) is 23.7 Å². The summed E-state index contributed by atoms with van der Waals surface area (Å²) in [5.74, 6) is -9.01. The largest absolute Gasteiger partial charge is 0.505 e. The molecule has 0 spiro atoms. The number of para-hydroxylation sites is 1. The average Bonchev–Trinajstić information content (AvgIpc) is 3.43. The minimum atomic E-state index is -1.64. The maximum absolute atomic E-state index is 15.2. The fraction of sp³-hybridized carbons (Fsp3) is 0.306. The standard InChI is InChI=1S/C36H30ClFN2O7/c37-20-9-4-10-21(17-20)40-33(45)26-18-25-22(14-15-23-29(25)34(46)39(32(23)44)16-6-13-28(41)42)30(24-11-5-12-27(38)31(24)43)36(26,35(40)47)19-7-2-1-3-8-19/h1-5,7-12,14,17,23,25-26,29-30,43H,6,13,15-16,18H2,(H,41,42). The van der Waals surface area contributed by atoms with Crippen LogP contribution in [-0.4, -0.2) is 51.3 Å². The average molecular weight is 657 g/mol. The first-order chi connectivity index (χ1) is 22.6. The van der Waals surface area contributed by atoms with Crippen molar-refractivity contribution in [3.8, 4) is 5.75 Å². The van der Waals surface area contributed by atoms with E-state index in [0.717, 1.165) is 15.9 Å². The van der Waals surface area contributed by atoms with Crippen molar-refractivity contribution in [2.45, 2.75) is 37.0 Å². The molecule has 0 aromatic heterocycles. The molecular weight excluding hydrogens is 627 g/mol. The van der Waals surface area contributed by atoms with Gasteiger partial charge in [0.05, 0.1) is 28.9 Å². The lowest BCUT2D eigenvalue weighted by Gasteiger charge is -2.50. The predicted molar refractivity (Wildman–Crippen MR) is 168 cm³/mol. The zero-order valence-electron chi connectivity index (χ0n) is 25.0. The Bertz CT molecular complexity index is 1880. The molecule has 4 aliphatic rings. The van der Waals surface area contributed by atoms with Crippen LogP contribution in [0.2, 0.25) is 5.02 Å². The van der Waals surface area contributed by atoms with Crippen LogP contribution in [0, 0.1) is 29.5 Å². The van der Waals surface area contributed by atoms with E-state index in [1.807, 2.05) is 6.08 Å². The topological polar surface area (TPSA) is 132 Å². The third-order valence-corrected chi connectivity index (χ3v) is 10.6. The number of rotatable bonds is 7. The van der Waals surface area contributed by atoms with E-state index in [0.29, 0.717) is 16.2 Å². The molecule has 2 N–H and O–H groups in total. The number of aromatic hydroxyl groups is 1. The molecule has 2 aliphatic carbocycles. The van der Waals surface area contributed by atoms with E-state index in [9.17, 15) is 24.3 Å². The Balaban J connectivity index is 1.44. The van der Waals surface area contributed by atoms with Crippen LogP contribution >= 0.6 is 11.6 Å². The van der Waals surface area contributed by atoms with Gasteiger partial charge in [0.25, 0.3) is 0 Å². The zero-order chi connectivity index (χ0) is 33.2. The van der Waals surface area contributed by atoms with Gasteiger partial charge >= 0.3 is 5.97 Å². The monoisotopic (exact) mass is 656 g/mol. The second kappa shape index (κ2) is 11.5. The van der Waals surface area contributed by atoms with Crippen LogP contribution in [0.4, 0.5) is 10.1 Å². The van der Waals surface area contributed by atoms with Gasteiger partial charge in [0.2, 0.25) is 23.6 Å². The van der Waals surface area contributed by atoms with Crippen LogP contribution < -0.4 is 4.90 Å². The molecule has 9 nitrogen and oxygen atoms in total. The molecule has 0 bridgehead atoms. The third kappa shape index (κ3) is 4.52. The van der Waals surface area contributed by atoms with E-state index in [2.05, 4.69) is 0 Å². The Kier molecular flexibility index (Phi) is 7.50. The molecule has 2 saturated heterocycles. The minimum absolute atomic E-state index is 0.0398. The Morgan fingerprint density at radius 3 is 2.40 bits per heavy atom. The highest BCUT2D eigenvalue weighted by molar-refractivity contribution is 6.32. The van der Waals surface area contributed by atoms with Crippen molar-refractivity contribution in [1.29, 1.82) is 0 Å². The number of carboxylic acid groups (broad SMARTS) is 1. The molecule has 4 amide bonds. The Morgan fingerprint density at radius 2 is 1.68 bits per heavy atom. The number of anilines is 1. The molecule has 2 heterocycles. The lowest BCUT2D eigenvalue weighted by atomic mass is 9.49. The van der Waals surface area contributed by atoms with Gasteiger partial charge in [-0.1, -0.05) is 71.8 Å². The summed E-state index contributed by atoms with van der Waals surface area (Å²) in [6.45, 7) is -0.0511. The van der Waals surface area contributed by atoms with E-state index in [1.165, 1.54) is 18.2 Å². The van der Waals surface area contributed by atoms with Crippen molar-refractivity contribution in [1.82, 2.24) is 4.90 Å². The predicted octanol–water partition coefficient (Wildman–Crippen LogP) is 5.21. The number of imide groups is 2. The Morgan fingerprint density at radius 1 is 0.936 bits per heavy atom. The number of phenolic OH excluding ortho intramolecular Hbond substituents is 1. The van der Waals surface area contributed by atoms with E-state index < -0.39 is 76.2 Å². The number of phenols is 1. The van der Waals surface area contributed by atoms with Gasteiger partial charge in [-0.25, -0.2) is 9.29 Å². The maximum Gasteiger partial charge on any atom is 0.303 e. The lowest BCUT2D eigenvalue weighted by molar-refractivity contribution is -0.142. The van der Waals surface area contributed by atoms with Crippen molar-refractivity contribution in [2.75, 3.05) is 11.4 Å². The number of nitrogens with zero attached hydrogens (tertiary/aromatic N) is 2. The molecule has 3 aromatic rings. The number of aliphatic carboxylic acids is 1. The van der Waals surface area contributed by atoms with Crippen LogP contribution in [0.3, 0.4) is 0 Å². The molecule has 11 heteroatoms. The fourth-order valence-corrected chi connectivity index (χ4v) is 8.71. The number of carbonyl (C=O) groups excluding carboxylic acids is 4. The molecule has 6 atom stereocenters. The van der Waals surface area contributed by atoms with Crippen LogP contribution in [-0.2, 0) is 29.4 Å². The number of halogens is 2. The minimum Gasteiger partial charge on any atom is -0.505 e. The van der Waals surface area contributed by atoms with Crippen molar-refractivity contribution >= 4 is 46.9 Å². The molecule has 1 saturated carbocycles. The Hall–Kier alpha value is -4.83. The number of allylic oxidation sites excluding steroid dienone is 2. The quantitative estimate of drug-likeness (QED) is 0.264. The molecule has 0 radical (unpaired) electrons. The molecular formula is C36H30ClFN2O7. The molecule has 240 valence electrons. The summed E-state index contributed by atoms with van der Waals surface area (Å²) < 4.78 is 15.2. The van der Waals surface area contributed by atoms with Gasteiger partial charge in [-0.15, -0.1) is 0 Å². The number of likely N-dealkylation sites (tertiary alicyclic amines) is 1. The fourth-order valence-electron chi connectivity index (χ4n) is 8.53. The van der Waals surface area contributed by atoms with Crippen molar-refractivity contribution in [3.05, 3.63) is 106 Å². The van der Waals surface area contributed by atoms with Crippen LogP contribution in [0.5, 0.6) is 5.75 Å². The van der Waals surface area contributed by atoms with E-state index >= 15 is 9.18 Å². The summed E-state index contributed by atoms with van der Waals surface area (Å²) in [5, 5.41) is 20.7. The van der Waals surface area contributed by atoms with Crippen LogP contribution in [0.15, 0.2) is 84.4 Å². The first-order valence-electron chi connectivity index (χ1n) is 15.5. The van der Waals surface area contributed by atoms with E-state index in [1.54, 1.807) is 48.5 Å². The second-order valence-corrected chi connectivity index (χ2v) is 13.0. The number of benzene rings is 3. The highest BCUT2D eigenvalue weighted by atomic mass is 35.5. The molecule has 47 heavy (non-hydrogen) atoms. The maximum atomic E-state index is 15.2. The highest BCUT2D eigenvalue weighted by Crippen LogP contribution is 2.65. The smallest absolute Gasteiger partial charge is 0.303 e. The lowest BCUT2D eigenvalue weighted by Crippen LogP contribution is -2.53. The van der Waals surface area contributed by atoms with Gasteiger partial charge in [0.15, 0.2) is 11.6 Å². The van der Waals surface area contributed by atoms with E-state index in [4.69, 9.17) is 16.7 Å². The first kappa shape index (κ1) is 30.8. The van der Waals surface area contributed by atoms with Gasteiger partial charge < -0.3 is 10.2 Å². The normalized spacial score (nSPS) is 28.2.